The molecule has 1 aliphatic heterocycles. The van der Waals surface area contributed by atoms with Gasteiger partial charge in [0.05, 0.1) is 5.92 Å². The zero-order valence-corrected chi connectivity index (χ0v) is 13.4. The number of likely N-dealkylation sites (tertiary alicyclic amines) is 1. The second-order valence-electron chi connectivity index (χ2n) is 6.19. The monoisotopic (exact) mass is 306 g/mol. The van der Waals surface area contributed by atoms with Gasteiger partial charge in [-0.2, -0.15) is 0 Å². The third kappa shape index (κ3) is 5.17. The largest absolute Gasteiger partial charge is 0.351 e. The fourth-order valence-corrected chi connectivity index (χ4v) is 2.48. The molecule has 0 aromatic heterocycles. The highest BCUT2D eigenvalue weighted by atomic mass is 35.5. The van der Waals surface area contributed by atoms with E-state index in [1.165, 1.54) is 0 Å². The van der Waals surface area contributed by atoms with Crippen molar-refractivity contribution in [1.29, 1.82) is 0 Å². The summed E-state index contributed by atoms with van der Waals surface area (Å²) in [6, 6.07) is -0.442. The van der Waals surface area contributed by atoms with E-state index in [2.05, 4.69) is 0 Å². The summed E-state index contributed by atoms with van der Waals surface area (Å²) in [6.45, 7) is 6.30. The number of piperidine rings is 1. The summed E-state index contributed by atoms with van der Waals surface area (Å²) >= 11 is 0. The van der Waals surface area contributed by atoms with Gasteiger partial charge >= 0.3 is 6.03 Å². The molecular formula is C13H27ClN4O2. The number of hydrogen-bond acceptors (Lipinski definition) is 3. The minimum atomic E-state index is -0.442. The molecule has 0 aliphatic carbocycles. The molecule has 20 heavy (non-hydrogen) atoms. The lowest BCUT2D eigenvalue weighted by Gasteiger charge is -2.35. The van der Waals surface area contributed by atoms with Crippen molar-refractivity contribution in [3.8, 4) is 0 Å². The average Bonchev–Trinajstić information content (AvgIpc) is 2.37. The van der Waals surface area contributed by atoms with Gasteiger partial charge in [0.1, 0.15) is 0 Å². The number of halogens is 1. The number of primary amides is 1. The second-order valence-corrected chi connectivity index (χ2v) is 6.19. The number of nitrogens with zero attached hydrogens (tertiary/aromatic N) is 2. The molecular weight excluding hydrogens is 280 g/mol. The Bertz CT molecular complexity index is 349. The molecule has 1 rings (SSSR count). The Labute approximate surface area is 127 Å². The summed E-state index contributed by atoms with van der Waals surface area (Å²) in [5.74, 6) is -0.0627. The van der Waals surface area contributed by atoms with Gasteiger partial charge in [-0.15, -0.1) is 12.4 Å². The molecule has 0 saturated carbocycles. The van der Waals surface area contributed by atoms with Crippen LogP contribution in [0.5, 0.6) is 0 Å². The molecule has 1 unspecified atom stereocenters. The van der Waals surface area contributed by atoms with Gasteiger partial charge in [-0.3, -0.25) is 4.79 Å². The van der Waals surface area contributed by atoms with Gasteiger partial charge in [0.25, 0.3) is 0 Å². The Hall–Kier alpha value is -1.01. The lowest BCUT2D eigenvalue weighted by molar-refractivity contribution is -0.136. The Balaban J connectivity index is 0.00000361. The zero-order valence-electron chi connectivity index (χ0n) is 12.6. The molecule has 7 heteroatoms. The first-order valence-corrected chi connectivity index (χ1v) is 6.76. The molecule has 4 N–H and O–H groups in total. The Morgan fingerprint density at radius 2 is 2.00 bits per heavy atom. The summed E-state index contributed by atoms with van der Waals surface area (Å²) in [7, 11) is 1.79. The zero-order chi connectivity index (χ0) is 14.6. The fraction of sp³-hybridized carbons (Fsp3) is 0.846. The second kappa shape index (κ2) is 7.69. The number of amides is 3. The standard InChI is InChI=1S/C13H26N4O2.ClH/c1-13(2,8-14)9-16(3)11(18)10-5-4-6-17(7-10)12(15)19;/h10H,4-9,14H2,1-3H3,(H2,15,19);1H. The van der Waals surface area contributed by atoms with E-state index >= 15 is 0 Å². The summed E-state index contributed by atoms with van der Waals surface area (Å²) in [5, 5.41) is 0. The van der Waals surface area contributed by atoms with E-state index in [-0.39, 0.29) is 29.6 Å². The predicted molar refractivity (Wildman–Crippen MR) is 81.6 cm³/mol. The predicted octanol–water partition coefficient (Wildman–Crippen LogP) is 0.642. The number of urea groups is 1. The topological polar surface area (TPSA) is 92.7 Å². The number of rotatable bonds is 4. The highest BCUT2D eigenvalue weighted by Gasteiger charge is 2.31. The van der Waals surface area contributed by atoms with E-state index in [4.69, 9.17) is 11.5 Å². The highest BCUT2D eigenvalue weighted by molar-refractivity contribution is 5.85. The van der Waals surface area contributed by atoms with Crippen molar-refractivity contribution in [3.05, 3.63) is 0 Å². The van der Waals surface area contributed by atoms with Crippen LogP contribution in [0.15, 0.2) is 0 Å². The van der Waals surface area contributed by atoms with Crippen LogP contribution in [0, 0.1) is 11.3 Å². The van der Waals surface area contributed by atoms with E-state index in [0.29, 0.717) is 26.2 Å². The van der Waals surface area contributed by atoms with Crippen molar-refractivity contribution in [3.63, 3.8) is 0 Å². The molecule has 1 saturated heterocycles. The Morgan fingerprint density at radius 3 is 2.50 bits per heavy atom. The molecule has 0 radical (unpaired) electrons. The number of nitrogens with two attached hydrogens (primary N) is 2. The molecule has 1 atom stereocenters. The Morgan fingerprint density at radius 1 is 1.40 bits per heavy atom. The highest BCUT2D eigenvalue weighted by Crippen LogP contribution is 2.21. The quantitative estimate of drug-likeness (QED) is 0.798. The van der Waals surface area contributed by atoms with Gasteiger partial charge in [-0.25, -0.2) is 4.79 Å². The van der Waals surface area contributed by atoms with Crippen LogP contribution in [0.4, 0.5) is 4.79 Å². The maximum Gasteiger partial charge on any atom is 0.314 e. The minimum absolute atomic E-state index is 0. The van der Waals surface area contributed by atoms with Crippen LogP contribution in [0.3, 0.4) is 0 Å². The van der Waals surface area contributed by atoms with Crippen LogP contribution in [0.25, 0.3) is 0 Å². The SMILES string of the molecule is CN(CC(C)(C)CN)C(=O)C1CCCN(C(N)=O)C1.Cl. The van der Waals surface area contributed by atoms with Crippen molar-refractivity contribution in [2.24, 2.45) is 22.8 Å². The molecule has 0 aromatic rings. The van der Waals surface area contributed by atoms with Crippen molar-refractivity contribution >= 4 is 24.3 Å². The van der Waals surface area contributed by atoms with Gasteiger partial charge in [0.2, 0.25) is 5.91 Å². The molecule has 1 aliphatic rings. The fourth-order valence-electron chi connectivity index (χ4n) is 2.48. The normalized spacial score (nSPS) is 19.2. The van der Waals surface area contributed by atoms with Crippen LogP contribution in [0.2, 0.25) is 0 Å². The van der Waals surface area contributed by atoms with Crippen LogP contribution < -0.4 is 11.5 Å². The van der Waals surface area contributed by atoms with Gasteiger partial charge in [0, 0.05) is 26.7 Å². The van der Waals surface area contributed by atoms with Crippen LogP contribution in [-0.2, 0) is 4.79 Å². The van der Waals surface area contributed by atoms with E-state index in [0.717, 1.165) is 12.8 Å². The molecule has 0 spiro atoms. The maximum atomic E-state index is 12.4. The summed E-state index contributed by atoms with van der Waals surface area (Å²) in [5.41, 5.74) is 10.9. The number of carbonyl (C=O) groups excluding carboxylic acids is 2. The van der Waals surface area contributed by atoms with Crippen molar-refractivity contribution < 1.29 is 9.59 Å². The van der Waals surface area contributed by atoms with Gasteiger partial charge in [-0.05, 0) is 24.8 Å². The Kier molecular flexibility index (Phi) is 7.30. The maximum absolute atomic E-state index is 12.4. The molecule has 3 amide bonds. The van der Waals surface area contributed by atoms with Gasteiger partial charge < -0.3 is 21.3 Å². The molecule has 0 aromatic carbocycles. The number of hydrogen-bond donors (Lipinski definition) is 2. The average molecular weight is 307 g/mol. The van der Waals surface area contributed by atoms with Crippen molar-refractivity contribution in [1.82, 2.24) is 9.80 Å². The molecule has 118 valence electrons. The summed E-state index contributed by atoms with van der Waals surface area (Å²) in [6.07, 6.45) is 1.64. The van der Waals surface area contributed by atoms with E-state index in [1.807, 2.05) is 13.8 Å². The first-order valence-electron chi connectivity index (χ1n) is 6.76. The smallest absolute Gasteiger partial charge is 0.314 e. The lowest BCUT2D eigenvalue weighted by atomic mass is 9.91. The van der Waals surface area contributed by atoms with Crippen LogP contribution >= 0.6 is 12.4 Å². The first kappa shape index (κ1) is 19.0. The lowest BCUT2D eigenvalue weighted by Crippen LogP contribution is -2.49. The third-order valence-electron chi connectivity index (χ3n) is 3.68. The van der Waals surface area contributed by atoms with Crippen LogP contribution in [-0.4, -0.2) is 55.0 Å². The van der Waals surface area contributed by atoms with Crippen molar-refractivity contribution in [2.45, 2.75) is 26.7 Å². The number of carbonyl (C=O) groups is 2. The molecule has 0 bridgehead atoms. The first-order chi connectivity index (χ1) is 8.76. The molecule has 1 fully saturated rings. The molecule has 1 heterocycles. The molecule has 6 nitrogen and oxygen atoms in total. The van der Waals surface area contributed by atoms with Crippen LogP contribution in [0.1, 0.15) is 26.7 Å². The summed E-state index contributed by atoms with van der Waals surface area (Å²) in [4.78, 5) is 26.8. The van der Waals surface area contributed by atoms with Gasteiger partial charge in [-0.1, -0.05) is 13.8 Å². The minimum Gasteiger partial charge on any atom is -0.351 e. The third-order valence-corrected chi connectivity index (χ3v) is 3.68. The van der Waals surface area contributed by atoms with E-state index in [9.17, 15) is 9.59 Å². The van der Waals surface area contributed by atoms with E-state index in [1.54, 1.807) is 16.8 Å². The summed E-state index contributed by atoms with van der Waals surface area (Å²) < 4.78 is 0. The van der Waals surface area contributed by atoms with Crippen molar-refractivity contribution in [2.75, 3.05) is 33.2 Å². The van der Waals surface area contributed by atoms with Gasteiger partial charge in [0.15, 0.2) is 0 Å². The van der Waals surface area contributed by atoms with E-state index < -0.39 is 6.03 Å².